The molecule has 13 heavy (non-hydrogen) atoms. The van der Waals surface area contributed by atoms with E-state index in [-0.39, 0.29) is 0 Å². The van der Waals surface area contributed by atoms with Gasteiger partial charge in [-0.2, -0.15) is 0 Å². The molecule has 3 heteroatoms. The van der Waals surface area contributed by atoms with E-state index < -0.39 is 0 Å². The minimum atomic E-state index is 0.741. The number of ether oxygens (including phenoxy) is 1. The fourth-order valence-electron chi connectivity index (χ4n) is 1.98. The normalized spacial score (nSPS) is 24.0. The van der Waals surface area contributed by atoms with Crippen molar-refractivity contribution >= 4 is 0 Å². The third-order valence-corrected chi connectivity index (χ3v) is 2.67. The summed E-state index contributed by atoms with van der Waals surface area (Å²) < 4.78 is 5.36. The maximum absolute atomic E-state index is 5.36. The van der Waals surface area contributed by atoms with Crippen LogP contribution in [-0.4, -0.2) is 50.8 Å². The predicted octanol–water partition coefficient (Wildman–Crippen LogP) is 0.707. The number of rotatable bonds is 6. The largest absolute Gasteiger partial charge is 0.380 e. The fourth-order valence-corrected chi connectivity index (χ4v) is 1.98. The number of likely N-dealkylation sites (N-methyl/N-ethyl adjacent to an activating group) is 1. The van der Waals surface area contributed by atoms with Gasteiger partial charge in [-0.1, -0.05) is 0 Å². The highest BCUT2D eigenvalue weighted by molar-refractivity contribution is 4.80. The molecule has 0 amide bonds. The first-order valence-corrected chi connectivity index (χ1v) is 5.35. The highest BCUT2D eigenvalue weighted by atomic mass is 16.5. The molecule has 0 spiro atoms. The van der Waals surface area contributed by atoms with E-state index in [1.807, 2.05) is 7.05 Å². The van der Waals surface area contributed by atoms with Gasteiger partial charge in [0, 0.05) is 25.7 Å². The molecule has 0 aromatic rings. The van der Waals surface area contributed by atoms with Gasteiger partial charge in [0.1, 0.15) is 0 Å². The van der Waals surface area contributed by atoms with E-state index in [2.05, 4.69) is 17.1 Å². The van der Waals surface area contributed by atoms with E-state index in [4.69, 9.17) is 4.74 Å². The highest BCUT2D eigenvalue weighted by Crippen LogP contribution is 2.15. The maximum atomic E-state index is 5.36. The second-order valence-electron chi connectivity index (χ2n) is 3.59. The van der Waals surface area contributed by atoms with Crippen molar-refractivity contribution in [3.05, 3.63) is 0 Å². The van der Waals surface area contributed by atoms with Crippen molar-refractivity contribution in [3.8, 4) is 0 Å². The van der Waals surface area contributed by atoms with Crippen LogP contribution in [0, 0.1) is 0 Å². The van der Waals surface area contributed by atoms with Crippen LogP contribution < -0.4 is 5.32 Å². The summed E-state index contributed by atoms with van der Waals surface area (Å²) in [5, 5.41) is 3.25. The first kappa shape index (κ1) is 11.0. The van der Waals surface area contributed by atoms with Gasteiger partial charge in [-0.15, -0.1) is 0 Å². The predicted molar refractivity (Wildman–Crippen MR) is 55.0 cm³/mol. The third-order valence-electron chi connectivity index (χ3n) is 2.67. The van der Waals surface area contributed by atoms with Crippen molar-refractivity contribution in [3.63, 3.8) is 0 Å². The molecular formula is C10H22N2O. The monoisotopic (exact) mass is 186 g/mol. The van der Waals surface area contributed by atoms with Crippen molar-refractivity contribution < 1.29 is 4.74 Å². The third kappa shape index (κ3) is 3.63. The van der Waals surface area contributed by atoms with Crippen molar-refractivity contribution in [1.29, 1.82) is 0 Å². The number of hydrogen-bond acceptors (Lipinski definition) is 3. The summed E-state index contributed by atoms with van der Waals surface area (Å²) in [7, 11) is 2.03. The number of likely N-dealkylation sites (tertiary alicyclic amines) is 1. The molecule has 1 heterocycles. The molecule has 0 saturated carbocycles. The quantitative estimate of drug-likeness (QED) is 0.618. The lowest BCUT2D eigenvalue weighted by Gasteiger charge is -2.23. The molecule has 1 saturated heterocycles. The van der Waals surface area contributed by atoms with Crippen LogP contribution in [0.15, 0.2) is 0 Å². The molecular weight excluding hydrogens is 164 g/mol. The second kappa shape index (κ2) is 6.35. The van der Waals surface area contributed by atoms with Gasteiger partial charge in [-0.25, -0.2) is 0 Å². The number of hydrogen-bond donors (Lipinski definition) is 1. The Morgan fingerprint density at radius 1 is 1.54 bits per heavy atom. The minimum absolute atomic E-state index is 0.741. The average molecular weight is 186 g/mol. The van der Waals surface area contributed by atoms with Crippen LogP contribution in [0.3, 0.4) is 0 Å². The summed E-state index contributed by atoms with van der Waals surface area (Å²) in [6.07, 6.45) is 2.69. The van der Waals surface area contributed by atoms with E-state index in [1.54, 1.807) is 0 Å². The SMILES string of the molecule is CCOCCN1CCCC1CNC. The highest BCUT2D eigenvalue weighted by Gasteiger charge is 2.22. The summed E-state index contributed by atoms with van der Waals surface area (Å²) >= 11 is 0. The minimum Gasteiger partial charge on any atom is -0.380 e. The Morgan fingerprint density at radius 2 is 2.38 bits per heavy atom. The second-order valence-corrected chi connectivity index (χ2v) is 3.59. The molecule has 0 aromatic carbocycles. The molecule has 0 aromatic heterocycles. The van der Waals surface area contributed by atoms with Gasteiger partial charge < -0.3 is 10.1 Å². The van der Waals surface area contributed by atoms with Gasteiger partial charge in [-0.3, -0.25) is 4.90 Å². The van der Waals surface area contributed by atoms with E-state index in [0.717, 1.165) is 32.3 Å². The first-order valence-electron chi connectivity index (χ1n) is 5.35. The molecule has 1 fully saturated rings. The van der Waals surface area contributed by atoms with Crippen LogP contribution >= 0.6 is 0 Å². The summed E-state index contributed by atoms with van der Waals surface area (Å²) in [5.74, 6) is 0. The van der Waals surface area contributed by atoms with Crippen LogP contribution in [0.25, 0.3) is 0 Å². The van der Waals surface area contributed by atoms with Crippen molar-refractivity contribution in [1.82, 2.24) is 10.2 Å². The zero-order chi connectivity index (χ0) is 9.52. The van der Waals surface area contributed by atoms with Gasteiger partial charge in [0.25, 0.3) is 0 Å². The summed E-state index contributed by atoms with van der Waals surface area (Å²) in [6, 6.07) is 0.741. The topological polar surface area (TPSA) is 24.5 Å². The van der Waals surface area contributed by atoms with Crippen molar-refractivity contribution in [2.45, 2.75) is 25.8 Å². The van der Waals surface area contributed by atoms with Gasteiger partial charge in [-0.05, 0) is 33.4 Å². The van der Waals surface area contributed by atoms with E-state index in [9.17, 15) is 0 Å². The Morgan fingerprint density at radius 3 is 3.08 bits per heavy atom. The molecule has 1 N–H and O–H groups in total. The van der Waals surface area contributed by atoms with Gasteiger partial charge in [0.2, 0.25) is 0 Å². The number of nitrogens with one attached hydrogen (secondary N) is 1. The van der Waals surface area contributed by atoms with Crippen molar-refractivity contribution in [2.75, 3.05) is 39.9 Å². The molecule has 0 radical (unpaired) electrons. The lowest BCUT2D eigenvalue weighted by atomic mass is 10.2. The van der Waals surface area contributed by atoms with Crippen LogP contribution in [0.5, 0.6) is 0 Å². The molecule has 0 aliphatic carbocycles. The molecule has 0 bridgehead atoms. The molecule has 1 unspecified atom stereocenters. The zero-order valence-corrected chi connectivity index (χ0v) is 8.88. The Hall–Kier alpha value is -0.120. The van der Waals surface area contributed by atoms with Gasteiger partial charge in [0.15, 0.2) is 0 Å². The van der Waals surface area contributed by atoms with E-state index in [0.29, 0.717) is 0 Å². The zero-order valence-electron chi connectivity index (χ0n) is 8.88. The smallest absolute Gasteiger partial charge is 0.0593 e. The van der Waals surface area contributed by atoms with Crippen LogP contribution in [0.1, 0.15) is 19.8 Å². The first-order chi connectivity index (χ1) is 6.38. The van der Waals surface area contributed by atoms with Crippen LogP contribution in [0.2, 0.25) is 0 Å². The molecule has 1 rings (SSSR count). The van der Waals surface area contributed by atoms with E-state index >= 15 is 0 Å². The van der Waals surface area contributed by atoms with E-state index in [1.165, 1.54) is 19.4 Å². The van der Waals surface area contributed by atoms with Gasteiger partial charge >= 0.3 is 0 Å². The standard InChI is InChI=1S/C10H22N2O/c1-3-13-8-7-12-6-4-5-10(12)9-11-2/h10-11H,3-9H2,1-2H3. The molecule has 78 valence electrons. The summed E-state index contributed by atoms with van der Waals surface area (Å²) in [4.78, 5) is 2.53. The average Bonchev–Trinajstić information content (AvgIpc) is 2.54. The lowest BCUT2D eigenvalue weighted by Crippen LogP contribution is -2.38. The Bertz CT molecular complexity index is 130. The molecule has 1 aliphatic rings. The molecule has 1 atom stereocenters. The molecule has 1 aliphatic heterocycles. The fraction of sp³-hybridized carbons (Fsp3) is 1.00. The summed E-state index contributed by atoms with van der Waals surface area (Å²) in [5.41, 5.74) is 0. The summed E-state index contributed by atoms with van der Waals surface area (Å²) in [6.45, 7) is 7.24. The Balaban J connectivity index is 2.15. The van der Waals surface area contributed by atoms with Crippen LogP contribution in [-0.2, 0) is 4.74 Å². The maximum Gasteiger partial charge on any atom is 0.0593 e. The van der Waals surface area contributed by atoms with Crippen molar-refractivity contribution in [2.24, 2.45) is 0 Å². The molecule has 3 nitrogen and oxygen atoms in total. The van der Waals surface area contributed by atoms with Gasteiger partial charge in [0.05, 0.1) is 6.61 Å². The Kier molecular flexibility index (Phi) is 5.35. The lowest BCUT2D eigenvalue weighted by molar-refractivity contribution is 0.108. The van der Waals surface area contributed by atoms with Crippen LogP contribution in [0.4, 0.5) is 0 Å². The number of nitrogens with zero attached hydrogens (tertiary/aromatic N) is 1. The Labute approximate surface area is 81.4 Å².